The lowest BCUT2D eigenvalue weighted by Crippen LogP contribution is -2.32. The van der Waals surface area contributed by atoms with E-state index in [0.717, 1.165) is 17.0 Å². The molecule has 9 heteroatoms. The van der Waals surface area contributed by atoms with Crippen LogP contribution in [0.5, 0.6) is 0 Å². The second kappa shape index (κ2) is 5.25. The fourth-order valence-corrected chi connectivity index (χ4v) is 2.43. The zero-order valence-corrected chi connectivity index (χ0v) is 11.2. The van der Waals surface area contributed by atoms with Crippen LogP contribution in [0.25, 0.3) is 0 Å². The molecule has 0 saturated carbocycles. The predicted octanol–water partition coefficient (Wildman–Crippen LogP) is 3.26. The highest BCUT2D eigenvalue weighted by molar-refractivity contribution is 8.00. The van der Waals surface area contributed by atoms with Gasteiger partial charge in [0.05, 0.1) is 16.3 Å². The zero-order valence-electron chi connectivity index (χ0n) is 9.63. The van der Waals surface area contributed by atoms with E-state index in [1.54, 1.807) is 0 Å². The van der Waals surface area contributed by atoms with Gasteiger partial charge in [-0.2, -0.15) is 13.2 Å². The lowest BCUT2D eigenvalue weighted by Gasteiger charge is -2.16. The molecular formula is C11H6ClF4NO2S. The van der Waals surface area contributed by atoms with E-state index in [2.05, 4.69) is 0 Å². The number of halogens is 5. The number of amides is 1. The molecular weight excluding hydrogens is 322 g/mol. The van der Waals surface area contributed by atoms with Gasteiger partial charge < -0.3 is 4.90 Å². The Labute approximate surface area is 119 Å². The number of ketones is 1. The predicted molar refractivity (Wildman–Crippen MR) is 66.6 cm³/mol. The smallest absolute Gasteiger partial charge is 0.304 e. The van der Waals surface area contributed by atoms with Crippen molar-refractivity contribution in [1.29, 1.82) is 0 Å². The number of hydrogen-bond donors (Lipinski definition) is 0. The minimum absolute atomic E-state index is 0.0512. The summed E-state index contributed by atoms with van der Waals surface area (Å²) in [6.07, 6.45) is 0. The molecule has 0 bridgehead atoms. The van der Waals surface area contributed by atoms with Crippen molar-refractivity contribution < 1.29 is 27.2 Å². The number of carbonyl (C=O) groups is 2. The first-order valence-corrected chi connectivity index (χ1v) is 6.63. The maximum absolute atomic E-state index is 13.3. The van der Waals surface area contributed by atoms with E-state index in [1.165, 1.54) is 0 Å². The summed E-state index contributed by atoms with van der Waals surface area (Å²) in [5.41, 5.74) is -4.58. The topological polar surface area (TPSA) is 37.4 Å². The second-order valence-corrected chi connectivity index (χ2v) is 5.43. The Balaban J connectivity index is 2.22. The molecule has 0 saturated heterocycles. The normalized spacial score (nSPS) is 14.9. The van der Waals surface area contributed by atoms with Crippen LogP contribution < -0.4 is 4.90 Å². The summed E-state index contributed by atoms with van der Waals surface area (Å²) in [5, 5.41) is -0.323. The zero-order chi connectivity index (χ0) is 15.1. The summed E-state index contributed by atoms with van der Waals surface area (Å²) in [6, 6.07) is 1.88. The molecule has 1 amide bonds. The summed E-state index contributed by atoms with van der Waals surface area (Å²) >= 11 is 5.19. The molecule has 2 rings (SSSR count). The molecule has 108 valence electrons. The third kappa shape index (κ3) is 2.90. The first-order valence-electron chi connectivity index (χ1n) is 5.26. The van der Waals surface area contributed by atoms with Crippen LogP contribution in [-0.4, -0.2) is 29.5 Å². The fraction of sp³-hybridized carbons (Fsp3) is 0.273. The van der Waals surface area contributed by atoms with E-state index in [1.807, 2.05) is 0 Å². The van der Waals surface area contributed by atoms with Crippen LogP contribution in [0, 0.1) is 5.82 Å². The van der Waals surface area contributed by atoms with Crippen molar-refractivity contribution >= 4 is 40.7 Å². The molecule has 0 radical (unpaired) electrons. The van der Waals surface area contributed by atoms with E-state index in [4.69, 9.17) is 11.6 Å². The second-order valence-electron chi connectivity index (χ2n) is 3.86. The third-order valence-electron chi connectivity index (χ3n) is 2.59. The fourth-order valence-electron chi connectivity index (χ4n) is 1.76. The summed E-state index contributed by atoms with van der Waals surface area (Å²) in [7, 11) is 0. The maximum atomic E-state index is 13.3. The molecule has 0 aromatic heterocycles. The number of fused-ring (bicyclic) bond motifs is 1. The molecule has 1 aliphatic rings. The van der Waals surface area contributed by atoms with Crippen molar-refractivity contribution in [3.63, 3.8) is 0 Å². The molecule has 3 nitrogen and oxygen atoms in total. The first-order chi connectivity index (χ1) is 9.20. The van der Waals surface area contributed by atoms with Gasteiger partial charge in [-0.3, -0.25) is 9.59 Å². The van der Waals surface area contributed by atoms with Crippen LogP contribution in [0.2, 0.25) is 5.02 Å². The molecule has 0 N–H and O–H groups in total. The highest BCUT2D eigenvalue weighted by Crippen LogP contribution is 2.35. The van der Waals surface area contributed by atoms with Crippen molar-refractivity contribution in [1.82, 2.24) is 0 Å². The molecule has 0 unspecified atom stereocenters. The largest absolute Gasteiger partial charge is 0.441 e. The SMILES string of the molecule is O=C1C(=O)N(CCSC(F)(F)F)c2cc(F)c(Cl)cc21. The average molecular weight is 328 g/mol. The van der Waals surface area contributed by atoms with Crippen molar-refractivity contribution in [3.05, 3.63) is 28.5 Å². The number of benzene rings is 1. The molecule has 0 fully saturated rings. The molecule has 0 atom stereocenters. The molecule has 0 spiro atoms. The van der Waals surface area contributed by atoms with E-state index in [9.17, 15) is 27.2 Å². The van der Waals surface area contributed by atoms with Crippen molar-refractivity contribution in [2.24, 2.45) is 0 Å². The Bertz CT molecular complexity index is 591. The minimum atomic E-state index is -4.43. The molecule has 1 heterocycles. The standard InChI is InChI=1S/C11H6ClF4NO2S/c12-6-3-5-8(4-7(6)13)17(10(19)9(5)18)1-2-20-11(14,15)16/h3-4H,1-2H2. The summed E-state index contributed by atoms with van der Waals surface area (Å²) in [4.78, 5) is 24.1. The minimum Gasteiger partial charge on any atom is -0.304 e. The summed E-state index contributed by atoms with van der Waals surface area (Å²) < 4.78 is 49.4. The van der Waals surface area contributed by atoms with Gasteiger partial charge in [0.15, 0.2) is 0 Å². The Kier molecular flexibility index (Phi) is 3.97. The molecule has 20 heavy (non-hydrogen) atoms. The number of alkyl halides is 3. The van der Waals surface area contributed by atoms with Gasteiger partial charge in [0.1, 0.15) is 5.82 Å². The van der Waals surface area contributed by atoms with Gasteiger partial charge in [-0.1, -0.05) is 11.6 Å². The van der Waals surface area contributed by atoms with Crippen molar-refractivity contribution in [2.45, 2.75) is 5.51 Å². The van der Waals surface area contributed by atoms with Gasteiger partial charge in [-0.25, -0.2) is 4.39 Å². The summed E-state index contributed by atoms with van der Waals surface area (Å²) in [6.45, 7) is -0.344. The number of thioether (sulfide) groups is 1. The Morgan fingerprint density at radius 2 is 1.90 bits per heavy atom. The molecule has 1 aromatic carbocycles. The number of carbonyl (C=O) groups excluding carboxylic acids is 2. The van der Waals surface area contributed by atoms with Gasteiger partial charge in [0, 0.05) is 12.3 Å². The van der Waals surface area contributed by atoms with Crippen LogP contribution in [0.1, 0.15) is 10.4 Å². The average Bonchev–Trinajstić information content (AvgIpc) is 2.54. The number of anilines is 1. The van der Waals surface area contributed by atoms with E-state index in [0.29, 0.717) is 0 Å². The number of Topliss-reactive ketones (excluding diaryl/α,β-unsaturated/α-hetero) is 1. The van der Waals surface area contributed by atoms with Crippen LogP contribution in [0.4, 0.5) is 23.2 Å². The van der Waals surface area contributed by atoms with Gasteiger partial charge >= 0.3 is 5.51 Å². The van der Waals surface area contributed by atoms with Crippen LogP contribution in [-0.2, 0) is 4.79 Å². The summed E-state index contributed by atoms with van der Waals surface area (Å²) in [5.74, 6) is -3.18. The maximum Gasteiger partial charge on any atom is 0.441 e. The number of nitrogens with zero attached hydrogens (tertiary/aromatic N) is 1. The van der Waals surface area contributed by atoms with Crippen molar-refractivity contribution in [3.8, 4) is 0 Å². The first kappa shape index (κ1) is 15.1. The van der Waals surface area contributed by atoms with E-state index < -0.39 is 28.8 Å². The third-order valence-corrected chi connectivity index (χ3v) is 3.60. The Morgan fingerprint density at radius 3 is 2.50 bits per heavy atom. The van der Waals surface area contributed by atoms with Crippen LogP contribution in [0.15, 0.2) is 12.1 Å². The van der Waals surface area contributed by atoms with Gasteiger partial charge in [0.25, 0.3) is 11.7 Å². The molecule has 1 aliphatic heterocycles. The molecule has 1 aromatic rings. The van der Waals surface area contributed by atoms with Crippen LogP contribution >= 0.6 is 23.4 Å². The van der Waals surface area contributed by atoms with E-state index >= 15 is 0 Å². The van der Waals surface area contributed by atoms with Gasteiger partial charge in [-0.15, -0.1) is 0 Å². The monoisotopic (exact) mass is 327 g/mol. The number of rotatable bonds is 3. The van der Waals surface area contributed by atoms with Crippen molar-refractivity contribution in [2.75, 3.05) is 17.2 Å². The van der Waals surface area contributed by atoms with E-state index in [-0.39, 0.29) is 34.6 Å². The lowest BCUT2D eigenvalue weighted by atomic mass is 10.1. The highest BCUT2D eigenvalue weighted by Gasteiger charge is 2.37. The highest BCUT2D eigenvalue weighted by atomic mass is 35.5. The lowest BCUT2D eigenvalue weighted by molar-refractivity contribution is -0.114. The van der Waals surface area contributed by atoms with Gasteiger partial charge in [-0.05, 0) is 23.9 Å². The van der Waals surface area contributed by atoms with Crippen LogP contribution in [0.3, 0.4) is 0 Å². The quantitative estimate of drug-likeness (QED) is 0.631. The molecule has 0 aliphatic carbocycles. The number of hydrogen-bond acceptors (Lipinski definition) is 3. The Hall–Kier alpha value is -1.28. The Morgan fingerprint density at radius 1 is 1.25 bits per heavy atom. The van der Waals surface area contributed by atoms with Gasteiger partial charge in [0.2, 0.25) is 0 Å².